The van der Waals surface area contributed by atoms with Crippen LogP contribution in [0, 0.1) is 0 Å². The van der Waals surface area contributed by atoms with Crippen LogP contribution in [0.1, 0.15) is 26.7 Å². The molecule has 0 radical (unpaired) electrons. The van der Waals surface area contributed by atoms with Gasteiger partial charge in [-0.2, -0.15) is 0 Å². The Balaban J connectivity index is 1.61. The lowest BCUT2D eigenvalue weighted by molar-refractivity contribution is -0.128. The van der Waals surface area contributed by atoms with Crippen LogP contribution in [-0.2, 0) is 9.59 Å². The Morgan fingerprint density at radius 1 is 1.19 bits per heavy atom. The molecule has 1 unspecified atom stereocenters. The highest BCUT2D eigenvalue weighted by Crippen LogP contribution is 2.38. The number of rotatable bonds is 7. The summed E-state index contributed by atoms with van der Waals surface area (Å²) in [4.78, 5) is 31.5. The number of nitrogens with zero attached hydrogens (tertiary/aromatic N) is 2. The molecule has 2 aromatic carbocycles. The van der Waals surface area contributed by atoms with Gasteiger partial charge >= 0.3 is 0 Å². The fourth-order valence-electron chi connectivity index (χ4n) is 3.45. The van der Waals surface area contributed by atoms with Crippen LogP contribution in [0.3, 0.4) is 0 Å². The zero-order valence-corrected chi connectivity index (χ0v) is 18.4. The van der Waals surface area contributed by atoms with E-state index < -0.39 is 6.10 Å². The highest BCUT2D eigenvalue weighted by atomic mass is 32.1. The molecule has 7 heteroatoms. The zero-order chi connectivity index (χ0) is 21.8. The molecule has 1 N–H and O–H groups in total. The molecule has 0 aliphatic carbocycles. The minimum atomic E-state index is -0.634. The summed E-state index contributed by atoms with van der Waals surface area (Å²) >= 11 is 1.57. The van der Waals surface area contributed by atoms with Crippen LogP contribution in [0.4, 0.5) is 5.69 Å². The molecular formula is C24H25N3O3S. The number of carbonyl (C=O) groups excluding carboxylic acids is 2. The van der Waals surface area contributed by atoms with Crippen molar-refractivity contribution < 1.29 is 14.3 Å². The number of unbranched alkanes of at least 4 members (excludes halogenated alkanes) is 1. The van der Waals surface area contributed by atoms with E-state index in [0.29, 0.717) is 18.0 Å². The molecule has 31 heavy (non-hydrogen) atoms. The van der Waals surface area contributed by atoms with Gasteiger partial charge in [-0.3, -0.25) is 14.5 Å². The molecule has 2 heterocycles. The average Bonchev–Trinajstić information content (AvgIpc) is 3.28. The third-order valence-electron chi connectivity index (χ3n) is 5.14. The molecule has 1 aromatic heterocycles. The number of hydrogen-bond acceptors (Lipinski definition) is 5. The van der Waals surface area contributed by atoms with Crippen molar-refractivity contribution >= 4 is 28.8 Å². The van der Waals surface area contributed by atoms with Crippen LogP contribution >= 0.6 is 11.3 Å². The second-order valence-corrected chi connectivity index (χ2v) is 8.33. The fraction of sp³-hybridized carbons (Fsp3) is 0.292. The number of anilines is 1. The van der Waals surface area contributed by atoms with Gasteiger partial charge in [0.2, 0.25) is 5.91 Å². The molecule has 1 aliphatic rings. The van der Waals surface area contributed by atoms with Gasteiger partial charge in [-0.15, -0.1) is 11.3 Å². The Morgan fingerprint density at radius 2 is 2.00 bits per heavy atom. The van der Waals surface area contributed by atoms with Gasteiger partial charge < -0.3 is 10.1 Å². The topological polar surface area (TPSA) is 71.5 Å². The summed E-state index contributed by atoms with van der Waals surface area (Å²) < 4.78 is 5.78. The minimum absolute atomic E-state index is 0.0287. The highest BCUT2D eigenvalue weighted by Gasteiger charge is 2.33. The summed E-state index contributed by atoms with van der Waals surface area (Å²) in [7, 11) is 0. The van der Waals surface area contributed by atoms with Gasteiger partial charge in [-0.05, 0) is 31.5 Å². The first-order valence-electron chi connectivity index (χ1n) is 10.5. The molecular weight excluding hydrogens is 410 g/mol. The Labute approximate surface area is 185 Å². The van der Waals surface area contributed by atoms with Crippen LogP contribution in [-0.4, -0.2) is 36.0 Å². The number of benzene rings is 2. The van der Waals surface area contributed by atoms with E-state index >= 15 is 0 Å². The Hall–Kier alpha value is -3.19. The van der Waals surface area contributed by atoms with Crippen molar-refractivity contribution in [1.29, 1.82) is 0 Å². The number of ether oxygens (including phenoxy) is 1. The van der Waals surface area contributed by atoms with E-state index in [1.807, 2.05) is 53.9 Å². The predicted molar refractivity (Wildman–Crippen MR) is 123 cm³/mol. The number of carbonyl (C=O) groups is 2. The SMILES string of the molecule is CCCCNC(=O)CN1C(=O)C(C)Oc2ccc(-c3csc(-c4ccccc4)n3)cc21. The monoisotopic (exact) mass is 435 g/mol. The van der Waals surface area contributed by atoms with Crippen LogP contribution in [0.25, 0.3) is 21.8 Å². The minimum Gasteiger partial charge on any atom is -0.479 e. The van der Waals surface area contributed by atoms with Gasteiger partial charge in [-0.1, -0.05) is 43.7 Å². The molecule has 1 aliphatic heterocycles. The molecule has 2 amide bonds. The van der Waals surface area contributed by atoms with E-state index in [1.54, 1.807) is 18.3 Å². The van der Waals surface area contributed by atoms with E-state index in [4.69, 9.17) is 9.72 Å². The normalized spacial score (nSPS) is 15.4. The summed E-state index contributed by atoms with van der Waals surface area (Å²) in [6, 6.07) is 15.7. The lowest BCUT2D eigenvalue weighted by Gasteiger charge is -2.32. The van der Waals surface area contributed by atoms with E-state index in [-0.39, 0.29) is 18.4 Å². The largest absolute Gasteiger partial charge is 0.479 e. The maximum Gasteiger partial charge on any atom is 0.268 e. The quantitative estimate of drug-likeness (QED) is 0.555. The van der Waals surface area contributed by atoms with E-state index in [2.05, 4.69) is 12.2 Å². The Morgan fingerprint density at radius 3 is 2.77 bits per heavy atom. The van der Waals surface area contributed by atoms with Gasteiger partial charge in [0.1, 0.15) is 17.3 Å². The van der Waals surface area contributed by atoms with Gasteiger partial charge in [-0.25, -0.2) is 4.98 Å². The lowest BCUT2D eigenvalue weighted by Crippen LogP contribution is -2.48. The van der Waals surface area contributed by atoms with E-state index in [0.717, 1.165) is 34.7 Å². The molecule has 0 spiro atoms. The van der Waals surface area contributed by atoms with Gasteiger partial charge in [0.25, 0.3) is 5.91 Å². The summed E-state index contributed by atoms with van der Waals surface area (Å²) in [6.45, 7) is 4.35. The van der Waals surface area contributed by atoms with Crippen LogP contribution in [0.5, 0.6) is 5.75 Å². The summed E-state index contributed by atoms with van der Waals surface area (Å²) in [5.74, 6) is 0.196. The second kappa shape index (κ2) is 9.31. The van der Waals surface area contributed by atoms with Gasteiger partial charge in [0.05, 0.1) is 11.4 Å². The van der Waals surface area contributed by atoms with Gasteiger partial charge in [0.15, 0.2) is 6.10 Å². The Kier molecular flexibility index (Phi) is 6.32. The molecule has 0 saturated carbocycles. The van der Waals surface area contributed by atoms with Crippen molar-refractivity contribution in [2.45, 2.75) is 32.8 Å². The second-order valence-electron chi connectivity index (χ2n) is 7.47. The van der Waals surface area contributed by atoms with E-state index in [9.17, 15) is 9.59 Å². The third kappa shape index (κ3) is 4.61. The van der Waals surface area contributed by atoms with Gasteiger partial charge in [0, 0.05) is 23.1 Å². The standard InChI is InChI=1S/C24H25N3O3S/c1-3-4-12-25-22(28)14-27-20-13-18(10-11-21(20)30-16(2)24(27)29)19-15-31-23(26-19)17-8-6-5-7-9-17/h5-11,13,15-16H,3-4,12,14H2,1-2H3,(H,25,28). The summed E-state index contributed by atoms with van der Waals surface area (Å²) in [5.41, 5.74) is 3.36. The van der Waals surface area contributed by atoms with Crippen molar-refractivity contribution in [3.8, 4) is 27.6 Å². The van der Waals surface area contributed by atoms with Crippen LogP contribution < -0.4 is 15.0 Å². The number of amides is 2. The van der Waals surface area contributed by atoms with Crippen molar-refractivity contribution in [3.63, 3.8) is 0 Å². The van der Waals surface area contributed by atoms with Crippen LogP contribution in [0.15, 0.2) is 53.9 Å². The highest BCUT2D eigenvalue weighted by molar-refractivity contribution is 7.13. The summed E-state index contributed by atoms with van der Waals surface area (Å²) in [6.07, 6.45) is 1.28. The molecule has 3 aromatic rings. The number of thiazole rings is 1. The van der Waals surface area contributed by atoms with Crippen molar-refractivity contribution in [1.82, 2.24) is 10.3 Å². The Bertz CT molecular complexity index is 1080. The zero-order valence-electron chi connectivity index (χ0n) is 17.6. The molecule has 0 saturated heterocycles. The first-order chi connectivity index (χ1) is 15.1. The third-order valence-corrected chi connectivity index (χ3v) is 6.03. The number of fused-ring (bicyclic) bond motifs is 1. The number of hydrogen-bond donors (Lipinski definition) is 1. The lowest BCUT2D eigenvalue weighted by atomic mass is 10.1. The summed E-state index contributed by atoms with van der Waals surface area (Å²) in [5, 5.41) is 5.81. The molecule has 4 rings (SSSR count). The molecule has 1 atom stereocenters. The molecule has 6 nitrogen and oxygen atoms in total. The molecule has 160 valence electrons. The maximum atomic E-state index is 12.8. The number of nitrogens with one attached hydrogen (secondary N) is 1. The molecule has 0 fully saturated rings. The smallest absolute Gasteiger partial charge is 0.268 e. The first kappa shape index (κ1) is 21.1. The first-order valence-corrected chi connectivity index (χ1v) is 11.3. The van der Waals surface area contributed by atoms with Crippen LogP contribution in [0.2, 0.25) is 0 Å². The number of aromatic nitrogens is 1. The fourth-order valence-corrected chi connectivity index (χ4v) is 4.29. The van der Waals surface area contributed by atoms with Crippen molar-refractivity contribution in [2.24, 2.45) is 0 Å². The predicted octanol–water partition coefficient (Wildman–Crippen LogP) is 4.51. The average molecular weight is 436 g/mol. The van der Waals surface area contributed by atoms with E-state index in [1.165, 1.54) is 4.90 Å². The van der Waals surface area contributed by atoms with Crippen molar-refractivity contribution in [2.75, 3.05) is 18.0 Å². The van der Waals surface area contributed by atoms with Crippen molar-refractivity contribution in [3.05, 3.63) is 53.9 Å². The molecule has 0 bridgehead atoms. The maximum absolute atomic E-state index is 12.8.